The molecule has 4 aromatic rings. The van der Waals surface area contributed by atoms with Crippen LogP contribution in [-0.2, 0) is 5.75 Å². The fraction of sp³-hybridized carbons (Fsp3) is 0.0556. The molecular weight excluding hydrogens is 357 g/mol. The third kappa shape index (κ3) is 3.78. The summed E-state index contributed by atoms with van der Waals surface area (Å²) in [6.07, 6.45) is 0. The van der Waals surface area contributed by atoms with Gasteiger partial charge in [0.2, 0.25) is 11.7 Å². The zero-order valence-corrected chi connectivity index (χ0v) is 14.6. The van der Waals surface area contributed by atoms with Gasteiger partial charge in [-0.1, -0.05) is 47.3 Å². The molecule has 0 N–H and O–H groups in total. The van der Waals surface area contributed by atoms with Gasteiger partial charge >= 0.3 is 0 Å². The van der Waals surface area contributed by atoms with Crippen molar-refractivity contribution in [2.24, 2.45) is 0 Å². The van der Waals surface area contributed by atoms with E-state index in [1.54, 1.807) is 12.1 Å². The van der Waals surface area contributed by atoms with Crippen molar-refractivity contribution in [3.8, 4) is 22.6 Å². The van der Waals surface area contributed by atoms with Gasteiger partial charge in [-0.3, -0.25) is 0 Å². The van der Waals surface area contributed by atoms with E-state index >= 15 is 0 Å². The van der Waals surface area contributed by atoms with E-state index in [1.807, 2.05) is 35.7 Å². The number of rotatable bonds is 5. The first-order chi connectivity index (χ1) is 12.3. The first-order valence-electron chi connectivity index (χ1n) is 7.50. The highest BCUT2D eigenvalue weighted by molar-refractivity contribution is 8.00. The molecule has 4 rings (SSSR count). The Morgan fingerprint density at radius 3 is 2.56 bits per heavy atom. The average Bonchev–Trinajstić information content (AvgIpc) is 3.31. The van der Waals surface area contributed by atoms with Crippen LogP contribution in [0.15, 0.2) is 68.8 Å². The molecule has 0 amide bonds. The maximum Gasteiger partial charge on any atom is 0.237 e. The van der Waals surface area contributed by atoms with Gasteiger partial charge in [0.05, 0.1) is 11.4 Å². The van der Waals surface area contributed by atoms with Crippen molar-refractivity contribution in [1.82, 2.24) is 15.1 Å². The van der Waals surface area contributed by atoms with E-state index < -0.39 is 0 Å². The predicted molar refractivity (Wildman–Crippen MR) is 96.8 cm³/mol. The van der Waals surface area contributed by atoms with Crippen LogP contribution >= 0.6 is 23.1 Å². The van der Waals surface area contributed by atoms with Crippen LogP contribution in [0.4, 0.5) is 4.39 Å². The number of hydrogen-bond acceptors (Lipinski definition) is 6. The van der Waals surface area contributed by atoms with E-state index in [2.05, 4.69) is 15.1 Å². The molecule has 0 saturated carbocycles. The summed E-state index contributed by atoms with van der Waals surface area (Å²) in [7, 11) is 0. The van der Waals surface area contributed by atoms with Crippen molar-refractivity contribution in [2.45, 2.75) is 10.1 Å². The molecule has 4 nitrogen and oxygen atoms in total. The molecule has 124 valence electrons. The van der Waals surface area contributed by atoms with Gasteiger partial charge in [-0.05, 0) is 24.3 Å². The molecule has 0 unspecified atom stereocenters. The normalized spacial score (nSPS) is 10.9. The third-order valence-electron chi connectivity index (χ3n) is 3.44. The lowest BCUT2D eigenvalue weighted by atomic mass is 10.2. The molecule has 0 spiro atoms. The fourth-order valence-electron chi connectivity index (χ4n) is 2.22. The van der Waals surface area contributed by atoms with Crippen LogP contribution in [0.25, 0.3) is 22.6 Å². The van der Waals surface area contributed by atoms with Crippen molar-refractivity contribution in [1.29, 1.82) is 0 Å². The van der Waals surface area contributed by atoms with Crippen molar-refractivity contribution in [2.75, 3.05) is 0 Å². The van der Waals surface area contributed by atoms with E-state index in [4.69, 9.17) is 4.52 Å². The lowest BCUT2D eigenvalue weighted by Gasteiger charge is -1.95. The van der Waals surface area contributed by atoms with Gasteiger partial charge in [-0.15, -0.1) is 11.3 Å². The number of thioether (sulfide) groups is 1. The van der Waals surface area contributed by atoms with E-state index in [0.29, 0.717) is 17.5 Å². The van der Waals surface area contributed by atoms with Crippen LogP contribution in [0, 0.1) is 5.82 Å². The largest absolute Gasteiger partial charge is 0.338 e. The standard InChI is InChI=1S/C18H12FN3OS2/c19-14-8-6-12(7-9-14)15-10-24-18(20-15)25-11-16-21-17(22-23-16)13-4-2-1-3-5-13/h1-10H,11H2. The Hall–Kier alpha value is -2.51. The molecule has 2 heterocycles. The van der Waals surface area contributed by atoms with Gasteiger partial charge < -0.3 is 4.52 Å². The second-order valence-electron chi connectivity index (χ2n) is 5.17. The van der Waals surface area contributed by atoms with Gasteiger partial charge in [-0.2, -0.15) is 4.98 Å². The van der Waals surface area contributed by atoms with Crippen LogP contribution in [0.2, 0.25) is 0 Å². The highest BCUT2D eigenvalue weighted by atomic mass is 32.2. The Morgan fingerprint density at radius 1 is 0.960 bits per heavy atom. The lowest BCUT2D eigenvalue weighted by molar-refractivity contribution is 0.391. The predicted octanol–water partition coefficient (Wildman–Crippen LogP) is 5.29. The van der Waals surface area contributed by atoms with Gasteiger partial charge in [0, 0.05) is 16.5 Å². The summed E-state index contributed by atoms with van der Waals surface area (Å²) < 4.78 is 19.2. The van der Waals surface area contributed by atoms with Crippen LogP contribution in [0.3, 0.4) is 0 Å². The van der Waals surface area contributed by atoms with E-state index in [9.17, 15) is 4.39 Å². The second kappa shape index (κ2) is 7.16. The van der Waals surface area contributed by atoms with E-state index in [0.717, 1.165) is 21.2 Å². The average molecular weight is 369 g/mol. The maximum atomic E-state index is 13.0. The molecule has 0 fully saturated rings. The van der Waals surface area contributed by atoms with E-state index in [-0.39, 0.29) is 5.82 Å². The SMILES string of the molecule is Fc1ccc(-c2csc(SCc3nc(-c4ccccc4)no3)n2)cc1. The van der Waals surface area contributed by atoms with Crippen LogP contribution < -0.4 is 0 Å². The van der Waals surface area contributed by atoms with Crippen molar-refractivity contribution in [3.63, 3.8) is 0 Å². The summed E-state index contributed by atoms with van der Waals surface area (Å²) in [6.45, 7) is 0. The highest BCUT2D eigenvalue weighted by Gasteiger charge is 2.11. The Bertz CT molecular complexity index is 967. The third-order valence-corrected chi connectivity index (χ3v) is 5.45. The summed E-state index contributed by atoms with van der Waals surface area (Å²) in [5, 5.41) is 5.96. The summed E-state index contributed by atoms with van der Waals surface area (Å²) in [5.74, 6) is 1.44. The van der Waals surface area contributed by atoms with Crippen molar-refractivity contribution < 1.29 is 8.91 Å². The fourth-order valence-corrected chi connectivity index (χ4v) is 3.89. The van der Waals surface area contributed by atoms with Crippen LogP contribution in [0.1, 0.15) is 5.89 Å². The maximum absolute atomic E-state index is 13.0. The number of aromatic nitrogens is 3. The molecule has 0 aliphatic carbocycles. The summed E-state index contributed by atoms with van der Waals surface area (Å²) in [5.41, 5.74) is 2.66. The van der Waals surface area contributed by atoms with Crippen LogP contribution in [-0.4, -0.2) is 15.1 Å². The van der Waals surface area contributed by atoms with Gasteiger partial charge in [0.25, 0.3) is 0 Å². The Morgan fingerprint density at radius 2 is 1.76 bits per heavy atom. The molecular formula is C18H12FN3OS2. The van der Waals surface area contributed by atoms with Crippen molar-refractivity contribution >= 4 is 23.1 Å². The van der Waals surface area contributed by atoms with Gasteiger partial charge in [0.1, 0.15) is 5.82 Å². The Balaban J connectivity index is 1.42. The Kier molecular flexibility index (Phi) is 4.58. The number of halogens is 1. The summed E-state index contributed by atoms with van der Waals surface area (Å²) in [4.78, 5) is 8.97. The number of nitrogens with zero attached hydrogens (tertiary/aromatic N) is 3. The topological polar surface area (TPSA) is 51.8 Å². The smallest absolute Gasteiger partial charge is 0.237 e. The van der Waals surface area contributed by atoms with Crippen LogP contribution in [0.5, 0.6) is 0 Å². The molecule has 0 atom stereocenters. The highest BCUT2D eigenvalue weighted by Crippen LogP contribution is 2.30. The quantitative estimate of drug-likeness (QED) is 0.447. The number of hydrogen-bond donors (Lipinski definition) is 0. The minimum absolute atomic E-state index is 0.251. The lowest BCUT2D eigenvalue weighted by Crippen LogP contribution is -1.83. The zero-order valence-electron chi connectivity index (χ0n) is 12.9. The van der Waals surface area contributed by atoms with Crippen molar-refractivity contribution in [3.05, 3.63) is 71.7 Å². The molecule has 0 aliphatic heterocycles. The molecule has 0 aliphatic rings. The van der Waals surface area contributed by atoms with E-state index in [1.165, 1.54) is 35.2 Å². The molecule has 7 heteroatoms. The first kappa shape index (κ1) is 16.0. The zero-order chi connectivity index (χ0) is 17.1. The second-order valence-corrected chi connectivity index (χ2v) is 7.25. The molecule has 0 radical (unpaired) electrons. The molecule has 25 heavy (non-hydrogen) atoms. The minimum atomic E-state index is -0.251. The molecule has 2 aromatic heterocycles. The van der Waals surface area contributed by atoms with Gasteiger partial charge in [0.15, 0.2) is 4.34 Å². The molecule has 0 bridgehead atoms. The Labute approximate surface area is 151 Å². The molecule has 0 saturated heterocycles. The summed E-state index contributed by atoms with van der Waals surface area (Å²) in [6, 6.07) is 16.0. The summed E-state index contributed by atoms with van der Waals surface area (Å²) >= 11 is 3.08. The molecule has 2 aromatic carbocycles. The van der Waals surface area contributed by atoms with Gasteiger partial charge in [-0.25, -0.2) is 9.37 Å². The number of benzene rings is 2. The minimum Gasteiger partial charge on any atom is -0.338 e. The number of thiazole rings is 1. The monoisotopic (exact) mass is 369 g/mol. The first-order valence-corrected chi connectivity index (χ1v) is 9.37.